The number of nitrogens with two attached hydrogens (primary N) is 1. The van der Waals surface area contributed by atoms with Crippen molar-refractivity contribution in [3.05, 3.63) is 20.8 Å². The average molecular weight is 321 g/mol. The molecule has 94 valence electrons. The highest BCUT2D eigenvalue weighted by Crippen LogP contribution is 2.27. The molecule has 1 aromatic heterocycles. The molecule has 7 heteroatoms. The van der Waals surface area contributed by atoms with Crippen LogP contribution in [0.5, 0.6) is 0 Å². The lowest BCUT2D eigenvalue weighted by atomic mass is 9.88. The van der Waals surface area contributed by atoms with E-state index in [9.17, 15) is 5.11 Å². The number of nitrogens with zero attached hydrogens (tertiary/aromatic N) is 1. The fraction of sp³-hybridized carbons (Fsp3) is 0.500. The third-order valence-electron chi connectivity index (χ3n) is 2.51. The van der Waals surface area contributed by atoms with E-state index < -0.39 is 0 Å². The fourth-order valence-corrected chi connectivity index (χ4v) is 2.66. The molecule has 1 aliphatic heterocycles. The molecule has 2 rings (SSSR count). The van der Waals surface area contributed by atoms with Gasteiger partial charge in [0.05, 0.1) is 30.1 Å². The first-order valence-corrected chi connectivity index (χ1v) is 6.71. The van der Waals surface area contributed by atoms with Crippen LogP contribution in [0.1, 0.15) is 4.88 Å². The van der Waals surface area contributed by atoms with E-state index in [1.54, 1.807) is 0 Å². The van der Waals surface area contributed by atoms with Crippen LogP contribution in [0, 0.1) is 5.41 Å². The van der Waals surface area contributed by atoms with Crippen molar-refractivity contribution in [2.24, 2.45) is 16.3 Å². The first-order chi connectivity index (χ1) is 8.15. The van der Waals surface area contributed by atoms with Gasteiger partial charge in [0, 0.05) is 9.85 Å². The molecule has 1 aromatic rings. The Morgan fingerprint density at radius 3 is 2.94 bits per heavy atom. The molecular formula is C10H13BrN2O3S. The lowest BCUT2D eigenvalue weighted by Crippen LogP contribution is -2.48. The summed E-state index contributed by atoms with van der Waals surface area (Å²) in [7, 11) is 0. The standard InChI is InChI=1S/C10H13BrN2O3S/c11-7-1-8(17-2-7)9(12)13-16-6-10(3-14)4-15-5-10/h1-2,14H,3-6H2,(H2,12,13). The van der Waals surface area contributed by atoms with Gasteiger partial charge in [-0.25, -0.2) is 0 Å². The van der Waals surface area contributed by atoms with E-state index in [0.29, 0.717) is 25.7 Å². The van der Waals surface area contributed by atoms with Crippen LogP contribution in [0.3, 0.4) is 0 Å². The molecule has 1 saturated heterocycles. The molecule has 0 saturated carbocycles. The molecule has 3 N–H and O–H groups in total. The fourth-order valence-electron chi connectivity index (χ4n) is 1.34. The summed E-state index contributed by atoms with van der Waals surface area (Å²) in [6.45, 7) is 1.36. The summed E-state index contributed by atoms with van der Waals surface area (Å²) >= 11 is 4.83. The number of rotatable bonds is 5. The van der Waals surface area contributed by atoms with Crippen molar-refractivity contribution in [2.75, 3.05) is 26.4 Å². The minimum absolute atomic E-state index is 0.0347. The quantitative estimate of drug-likeness (QED) is 0.485. The van der Waals surface area contributed by atoms with Crippen LogP contribution in [-0.2, 0) is 9.57 Å². The van der Waals surface area contributed by atoms with Crippen molar-refractivity contribution in [1.29, 1.82) is 0 Å². The second kappa shape index (κ2) is 5.34. The van der Waals surface area contributed by atoms with E-state index in [-0.39, 0.29) is 12.0 Å². The van der Waals surface area contributed by atoms with Crippen LogP contribution in [0.4, 0.5) is 0 Å². The molecule has 0 unspecified atom stereocenters. The number of thiophene rings is 1. The highest BCUT2D eigenvalue weighted by atomic mass is 79.9. The second-order valence-electron chi connectivity index (χ2n) is 4.03. The Morgan fingerprint density at radius 2 is 2.47 bits per heavy atom. The Morgan fingerprint density at radius 1 is 1.71 bits per heavy atom. The Bertz CT molecular complexity index is 412. The minimum atomic E-state index is -0.306. The molecule has 0 amide bonds. The van der Waals surface area contributed by atoms with E-state index >= 15 is 0 Å². The van der Waals surface area contributed by atoms with Crippen LogP contribution in [0.15, 0.2) is 21.1 Å². The molecule has 17 heavy (non-hydrogen) atoms. The topological polar surface area (TPSA) is 77.1 Å². The summed E-state index contributed by atoms with van der Waals surface area (Å²) < 4.78 is 6.02. The van der Waals surface area contributed by atoms with Gasteiger partial charge in [0.1, 0.15) is 6.61 Å². The van der Waals surface area contributed by atoms with Gasteiger partial charge in [-0.2, -0.15) is 0 Å². The van der Waals surface area contributed by atoms with Gasteiger partial charge in [0.25, 0.3) is 0 Å². The van der Waals surface area contributed by atoms with Gasteiger partial charge in [-0.15, -0.1) is 11.3 Å². The van der Waals surface area contributed by atoms with E-state index in [0.717, 1.165) is 9.35 Å². The monoisotopic (exact) mass is 320 g/mol. The molecule has 0 bridgehead atoms. The van der Waals surface area contributed by atoms with Crippen LogP contribution in [0.2, 0.25) is 0 Å². The smallest absolute Gasteiger partial charge is 0.180 e. The Labute approximate surface area is 111 Å². The number of halogens is 1. The number of hydrogen-bond donors (Lipinski definition) is 2. The van der Waals surface area contributed by atoms with Crippen molar-refractivity contribution in [3.63, 3.8) is 0 Å². The van der Waals surface area contributed by atoms with E-state index in [1.165, 1.54) is 11.3 Å². The molecular weight excluding hydrogens is 308 g/mol. The maximum Gasteiger partial charge on any atom is 0.180 e. The first-order valence-electron chi connectivity index (χ1n) is 5.04. The summed E-state index contributed by atoms with van der Waals surface area (Å²) in [6.07, 6.45) is 0. The molecule has 5 nitrogen and oxygen atoms in total. The van der Waals surface area contributed by atoms with E-state index in [2.05, 4.69) is 21.1 Å². The Balaban J connectivity index is 1.88. The van der Waals surface area contributed by atoms with E-state index in [4.69, 9.17) is 15.3 Å². The van der Waals surface area contributed by atoms with Gasteiger partial charge in [0.2, 0.25) is 0 Å². The van der Waals surface area contributed by atoms with E-state index in [1.807, 2.05) is 11.4 Å². The van der Waals surface area contributed by atoms with Crippen LogP contribution >= 0.6 is 27.3 Å². The van der Waals surface area contributed by atoms with Crippen molar-refractivity contribution in [2.45, 2.75) is 0 Å². The summed E-state index contributed by atoms with van der Waals surface area (Å²) in [6, 6.07) is 1.88. The summed E-state index contributed by atoms with van der Waals surface area (Å²) in [5.41, 5.74) is 5.45. The van der Waals surface area contributed by atoms with Crippen LogP contribution in [-0.4, -0.2) is 37.4 Å². The minimum Gasteiger partial charge on any atom is -0.395 e. The number of aliphatic hydroxyl groups is 1. The third kappa shape index (κ3) is 2.98. The number of aliphatic hydroxyl groups excluding tert-OH is 1. The van der Waals surface area contributed by atoms with Crippen molar-refractivity contribution < 1.29 is 14.7 Å². The van der Waals surface area contributed by atoms with Crippen molar-refractivity contribution >= 4 is 33.1 Å². The number of ether oxygens (including phenoxy) is 1. The zero-order valence-corrected chi connectivity index (χ0v) is 11.5. The van der Waals surface area contributed by atoms with Crippen LogP contribution < -0.4 is 5.73 Å². The normalized spacial score (nSPS) is 18.8. The van der Waals surface area contributed by atoms with Gasteiger partial charge in [-0.05, 0) is 22.0 Å². The van der Waals surface area contributed by atoms with Crippen molar-refractivity contribution in [1.82, 2.24) is 0 Å². The third-order valence-corrected chi connectivity index (χ3v) is 4.22. The highest BCUT2D eigenvalue weighted by Gasteiger charge is 2.39. The molecule has 0 aromatic carbocycles. The SMILES string of the molecule is NC(=NOCC1(CO)COC1)c1cc(Br)cs1. The number of amidine groups is 1. The van der Waals surface area contributed by atoms with Crippen molar-refractivity contribution in [3.8, 4) is 0 Å². The predicted octanol–water partition coefficient (Wildman–Crippen LogP) is 1.16. The Kier molecular flexibility index (Phi) is 4.03. The summed E-state index contributed by atoms with van der Waals surface area (Å²) in [4.78, 5) is 6.02. The zero-order valence-electron chi connectivity index (χ0n) is 9.06. The molecule has 0 aliphatic carbocycles. The molecule has 1 fully saturated rings. The molecule has 0 radical (unpaired) electrons. The van der Waals surface area contributed by atoms with Gasteiger partial charge in [-0.1, -0.05) is 5.16 Å². The van der Waals surface area contributed by atoms with Gasteiger partial charge < -0.3 is 20.4 Å². The average Bonchev–Trinajstić information content (AvgIpc) is 2.69. The number of hydrogen-bond acceptors (Lipinski definition) is 5. The van der Waals surface area contributed by atoms with Gasteiger partial charge in [-0.3, -0.25) is 0 Å². The number of oxime groups is 1. The largest absolute Gasteiger partial charge is 0.395 e. The lowest BCUT2D eigenvalue weighted by molar-refractivity contribution is -0.168. The zero-order chi connectivity index (χ0) is 12.3. The lowest BCUT2D eigenvalue weighted by Gasteiger charge is -2.38. The van der Waals surface area contributed by atoms with Crippen LogP contribution in [0.25, 0.3) is 0 Å². The molecule has 0 spiro atoms. The second-order valence-corrected chi connectivity index (χ2v) is 5.86. The first kappa shape index (κ1) is 12.8. The molecule has 2 heterocycles. The summed E-state index contributed by atoms with van der Waals surface area (Å²) in [5, 5.41) is 14.9. The predicted molar refractivity (Wildman–Crippen MR) is 69.0 cm³/mol. The maximum atomic E-state index is 9.18. The maximum absolute atomic E-state index is 9.18. The van der Waals surface area contributed by atoms with Gasteiger partial charge >= 0.3 is 0 Å². The molecule has 1 aliphatic rings. The Hall–Kier alpha value is -0.630. The summed E-state index contributed by atoms with van der Waals surface area (Å²) in [5.74, 6) is 0.342. The van der Waals surface area contributed by atoms with Gasteiger partial charge in [0.15, 0.2) is 5.84 Å². The highest BCUT2D eigenvalue weighted by molar-refractivity contribution is 9.10. The molecule has 0 atom stereocenters.